The quantitative estimate of drug-likeness (QED) is 0.0773. The fraction of sp³-hybridized carbons (Fsp3) is 0.375. The van der Waals surface area contributed by atoms with Gasteiger partial charge in [0.05, 0.1) is 45.3 Å². The fourth-order valence-electron chi connectivity index (χ4n) is 7.24. The Kier molecular flexibility index (Phi) is 13.4. The van der Waals surface area contributed by atoms with Crippen LogP contribution in [0.4, 0.5) is 43.9 Å². The maximum atomic E-state index is 15.3. The van der Waals surface area contributed by atoms with Crippen LogP contribution >= 0.6 is 11.6 Å². The molecule has 2 N–H and O–H groups in total. The van der Waals surface area contributed by atoms with Crippen molar-refractivity contribution in [2.75, 3.05) is 12.5 Å². The van der Waals surface area contributed by atoms with E-state index in [2.05, 4.69) is 32.3 Å². The number of nitrogens with zero attached hydrogens (tertiary/aromatic N) is 5. The van der Waals surface area contributed by atoms with Crippen molar-refractivity contribution < 1.29 is 62.6 Å². The van der Waals surface area contributed by atoms with Crippen molar-refractivity contribution in [2.45, 2.75) is 81.7 Å². The van der Waals surface area contributed by atoms with E-state index in [9.17, 15) is 53.8 Å². The van der Waals surface area contributed by atoms with Gasteiger partial charge in [-0.15, -0.1) is 0 Å². The number of carbonyl (C=O) groups is 2. The zero-order valence-electron chi connectivity index (χ0n) is 33.9. The molecule has 2 amide bonds. The van der Waals surface area contributed by atoms with Crippen LogP contribution in [-0.4, -0.2) is 68.9 Å². The highest BCUT2D eigenvalue weighted by Gasteiger charge is 2.53. The lowest BCUT2D eigenvalue weighted by molar-refractivity contribution is -0.143. The van der Waals surface area contributed by atoms with Crippen LogP contribution in [0.2, 0.25) is 5.02 Å². The van der Waals surface area contributed by atoms with Crippen LogP contribution in [0.1, 0.15) is 83.5 Å². The van der Waals surface area contributed by atoms with Crippen LogP contribution in [0, 0.1) is 23.5 Å². The van der Waals surface area contributed by atoms with Crippen molar-refractivity contribution in [3.05, 3.63) is 98.7 Å². The Morgan fingerprint density at radius 2 is 1.62 bits per heavy atom. The van der Waals surface area contributed by atoms with Crippen molar-refractivity contribution in [1.29, 1.82) is 0 Å². The minimum Gasteiger partial charge on any atom is -0.615 e. The van der Waals surface area contributed by atoms with Gasteiger partial charge >= 0.3 is 18.3 Å². The number of halogens is 11. The van der Waals surface area contributed by atoms with E-state index in [1.54, 1.807) is 13.8 Å². The summed E-state index contributed by atoms with van der Waals surface area (Å²) in [5.41, 5.74) is -5.63. The topological polar surface area (TPSA) is 153 Å². The normalized spacial score (nSPS) is 16.5. The molecule has 0 saturated carbocycles. The molecule has 24 heteroatoms. The second-order valence-corrected chi connectivity index (χ2v) is 18.8. The standard InChI is InChI=1S/C40H34ClF10N7O4S2/c1-19-16-38(44,45)35-29(19)34(40(49,50)51)55-57(35)17-28(59)53-27(14-20-12-21(42)15-22(43)13-20)31-24(7-6-23(52-31)10-11-37(2,3)63(4)61)25-8-9-26(41)30-32(36(60)56-64(5)62)54-58(33(25)30)18-39(46,47)48/h6-9,12-13,15,19,27H,14,16-18H2,1-5H3,(H,53,59)(H,56,60)/t19-,27?,63?,64?/m0/s1. The van der Waals surface area contributed by atoms with Gasteiger partial charge in [-0.2, -0.15) is 50.0 Å². The van der Waals surface area contributed by atoms with E-state index >= 15 is 8.78 Å². The molecule has 3 aromatic heterocycles. The molecule has 4 atom stereocenters. The molecule has 0 bridgehead atoms. The molecule has 0 spiro atoms. The number of pyridine rings is 1. The van der Waals surface area contributed by atoms with Crippen LogP contribution < -0.4 is 10.0 Å². The summed E-state index contributed by atoms with van der Waals surface area (Å²) in [6.07, 6.45) is -9.33. The summed E-state index contributed by atoms with van der Waals surface area (Å²) in [5.74, 6) is -4.23. The highest BCUT2D eigenvalue weighted by molar-refractivity contribution is 7.92. The van der Waals surface area contributed by atoms with Crippen LogP contribution in [0.15, 0.2) is 42.5 Å². The van der Waals surface area contributed by atoms with Gasteiger partial charge in [-0.05, 0) is 85.1 Å². The summed E-state index contributed by atoms with van der Waals surface area (Å²) in [7, 11) is 0. The predicted octanol–water partition coefficient (Wildman–Crippen LogP) is 8.04. The molecule has 0 aliphatic heterocycles. The van der Waals surface area contributed by atoms with E-state index in [1.807, 2.05) is 4.72 Å². The Morgan fingerprint density at radius 1 is 0.984 bits per heavy atom. The third kappa shape index (κ3) is 10.4. The molecule has 2 aromatic carbocycles. The summed E-state index contributed by atoms with van der Waals surface area (Å²) in [6, 6.07) is 5.57. The van der Waals surface area contributed by atoms with E-state index in [1.165, 1.54) is 30.5 Å². The van der Waals surface area contributed by atoms with Crippen LogP contribution in [0.25, 0.3) is 22.0 Å². The van der Waals surface area contributed by atoms with E-state index < -0.39 is 135 Å². The first kappa shape index (κ1) is 48.4. The van der Waals surface area contributed by atoms with E-state index in [0.717, 1.165) is 25.3 Å². The summed E-state index contributed by atoms with van der Waals surface area (Å²) in [5, 5.41) is 9.07. The third-order valence-electron chi connectivity index (χ3n) is 10.0. The summed E-state index contributed by atoms with van der Waals surface area (Å²) < 4.78 is 171. The van der Waals surface area contributed by atoms with Crippen LogP contribution in [0.3, 0.4) is 0 Å². The number of carbonyl (C=O) groups excluding carboxylic acids is 2. The number of hydrogen-bond acceptors (Lipinski definition) is 7. The number of rotatable bonds is 11. The first-order chi connectivity index (χ1) is 29.6. The minimum absolute atomic E-state index is 0.116. The Morgan fingerprint density at radius 3 is 2.22 bits per heavy atom. The summed E-state index contributed by atoms with van der Waals surface area (Å²) in [4.78, 5) is 31.8. The van der Waals surface area contributed by atoms with Gasteiger partial charge in [-0.1, -0.05) is 24.6 Å². The second-order valence-electron chi connectivity index (χ2n) is 15.3. The molecular formula is C40H34ClF10N7O4S2. The van der Waals surface area contributed by atoms with Gasteiger partial charge in [0.25, 0.3) is 5.92 Å². The predicted molar refractivity (Wildman–Crippen MR) is 216 cm³/mol. The highest BCUT2D eigenvalue weighted by atomic mass is 35.5. The van der Waals surface area contributed by atoms with Crippen molar-refractivity contribution in [3.63, 3.8) is 0 Å². The Balaban J connectivity index is 1.61. The largest absolute Gasteiger partial charge is 0.615 e. The first-order valence-corrected chi connectivity index (χ1v) is 22.1. The average molecular weight is 966 g/mol. The van der Waals surface area contributed by atoms with Gasteiger partial charge in [-0.3, -0.25) is 19.0 Å². The lowest BCUT2D eigenvalue weighted by atomic mass is 9.93. The number of alkyl halides is 8. The maximum Gasteiger partial charge on any atom is 0.435 e. The maximum absolute atomic E-state index is 15.3. The number of hydrogen-bond donors (Lipinski definition) is 2. The third-order valence-corrected chi connectivity index (χ3v) is 12.4. The van der Waals surface area contributed by atoms with Crippen molar-refractivity contribution in [3.8, 4) is 23.0 Å². The highest BCUT2D eigenvalue weighted by Crippen LogP contribution is 2.52. The monoisotopic (exact) mass is 965 g/mol. The molecule has 0 fully saturated rings. The first-order valence-electron chi connectivity index (χ1n) is 18.6. The lowest BCUT2D eigenvalue weighted by Crippen LogP contribution is -2.35. The molecule has 1 aliphatic rings. The Hall–Kier alpha value is -5.02. The van der Waals surface area contributed by atoms with Crippen LogP contribution in [-0.2, 0) is 58.9 Å². The fourth-order valence-corrected chi connectivity index (χ4v) is 8.03. The minimum atomic E-state index is -5.19. The Labute approximate surface area is 368 Å². The number of fused-ring (bicyclic) bond motifs is 2. The SMILES string of the molecule is C[C@H]1CC(F)(F)c2c1c(C(F)(F)F)nn2CC(=O)NC(Cc1cc(F)cc(F)c1)c1nc(C#CC(C)(C)[S+](C)[O-])ccc1-c1ccc(Cl)c2c(C(=O)N[S+](C)[O-])nn(CC(F)(F)F)c12. The molecule has 3 unspecified atom stereocenters. The van der Waals surface area contributed by atoms with Gasteiger partial charge in [-0.25, -0.2) is 13.8 Å². The number of nitrogens with one attached hydrogen (secondary N) is 2. The van der Waals surface area contributed by atoms with Crippen molar-refractivity contribution in [1.82, 2.24) is 34.6 Å². The smallest absolute Gasteiger partial charge is 0.435 e. The summed E-state index contributed by atoms with van der Waals surface area (Å²) >= 11 is 2.94. The van der Waals surface area contributed by atoms with Crippen LogP contribution in [0.5, 0.6) is 0 Å². The second kappa shape index (κ2) is 17.8. The molecule has 342 valence electrons. The molecular weight excluding hydrogens is 932 g/mol. The lowest BCUT2D eigenvalue weighted by Gasteiger charge is -2.23. The summed E-state index contributed by atoms with van der Waals surface area (Å²) in [6.45, 7) is 1.17. The van der Waals surface area contributed by atoms with Gasteiger partial charge in [0.2, 0.25) is 5.91 Å². The van der Waals surface area contributed by atoms with Crippen molar-refractivity contribution >= 4 is 56.9 Å². The van der Waals surface area contributed by atoms with Gasteiger partial charge in [0, 0.05) is 29.2 Å². The zero-order valence-corrected chi connectivity index (χ0v) is 36.3. The molecule has 6 rings (SSSR count). The van der Waals surface area contributed by atoms with Gasteiger partial charge < -0.3 is 14.4 Å². The average Bonchev–Trinajstić information content (AvgIpc) is 3.80. The molecule has 0 saturated heterocycles. The zero-order chi connectivity index (χ0) is 47.4. The molecule has 5 aromatic rings. The number of amides is 2. The molecule has 0 radical (unpaired) electrons. The number of aromatic nitrogens is 5. The number of benzene rings is 2. The molecule has 64 heavy (non-hydrogen) atoms. The van der Waals surface area contributed by atoms with Gasteiger partial charge in [0.15, 0.2) is 16.1 Å². The van der Waals surface area contributed by atoms with E-state index in [0.29, 0.717) is 10.7 Å². The van der Waals surface area contributed by atoms with E-state index in [4.69, 9.17) is 11.6 Å². The van der Waals surface area contributed by atoms with Crippen molar-refractivity contribution in [2.24, 2.45) is 0 Å². The molecule has 11 nitrogen and oxygen atoms in total. The van der Waals surface area contributed by atoms with Gasteiger partial charge in [0.1, 0.15) is 42.4 Å². The molecule has 3 heterocycles. The van der Waals surface area contributed by atoms with E-state index in [-0.39, 0.29) is 43.2 Å². The molecule has 1 aliphatic carbocycles. The Bertz CT molecular complexity index is 2690.